The normalized spacial score (nSPS) is 19.6. The van der Waals surface area contributed by atoms with Gasteiger partial charge in [-0.25, -0.2) is 0 Å². The van der Waals surface area contributed by atoms with Gasteiger partial charge in [0.25, 0.3) is 0 Å². The Hall–Kier alpha value is -3.71. The number of hydrogen-bond acceptors (Lipinski definition) is 6. The van der Waals surface area contributed by atoms with Crippen LogP contribution in [0, 0.1) is 12.8 Å². The van der Waals surface area contributed by atoms with E-state index >= 15 is 0 Å². The lowest BCUT2D eigenvalue weighted by Crippen LogP contribution is -2.33. The largest absolute Gasteiger partial charge is 0.438 e. The highest BCUT2D eigenvalue weighted by Gasteiger charge is 2.24. The Morgan fingerprint density at radius 3 is 2.59 bits per heavy atom. The number of rotatable bonds is 13. The zero-order valence-corrected chi connectivity index (χ0v) is 26.1. The van der Waals surface area contributed by atoms with Gasteiger partial charge in [-0.3, -0.25) is 14.4 Å². The number of benzene rings is 2. The van der Waals surface area contributed by atoms with E-state index in [9.17, 15) is 14.4 Å². The molecule has 0 bridgehead atoms. The molecule has 2 aliphatic rings. The lowest BCUT2D eigenvalue weighted by molar-refractivity contribution is -0.127. The van der Waals surface area contributed by atoms with Crippen molar-refractivity contribution in [1.29, 1.82) is 0 Å². The SMILES string of the molecule is Cc1ccccc1C1CCCC(Cc2ccc(C(=O)C(N)CCCN3CCCC3=O)cc2CCC(=O)c2ccc(N)o2)CC1. The average molecular weight is 598 g/mol. The predicted molar refractivity (Wildman–Crippen MR) is 174 cm³/mol. The molecule has 1 aromatic heterocycles. The Kier molecular flexibility index (Phi) is 10.7. The smallest absolute Gasteiger partial charge is 0.222 e. The van der Waals surface area contributed by atoms with Gasteiger partial charge in [0.1, 0.15) is 0 Å². The summed E-state index contributed by atoms with van der Waals surface area (Å²) in [5.41, 5.74) is 17.7. The van der Waals surface area contributed by atoms with Crippen LogP contribution in [-0.4, -0.2) is 41.5 Å². The first-order valence-corrected chi connectivity index (χ1v) is 16.4. The van der Waals surface area contributed by atoms with Gasteiger partial charge in [-0.1, -0.05) is 49.2 Å². The summed E-state index contributed by atoms with van der Waals surface area (Å²) in [7, 11) is 0. The Morgan fingerprint density at radius 1 is 1.00 bits per heavy atom. The van der Waals surface area contributed by atoms with E-state index in [2.05, 4.69) is 37.3 Å². The van der Waals surface area contributed by atoms with Crippen molar-refractivity contribution >= 4 is 23.4 Å². The van der Waals surface area contributed by atoms with Crippen LogP contribution in [0.3, 0.4) is 0 Å². The molecule has 44 heavy (non-hydrogen) atoms. The first-order chi connectivity index (χ1) is 21.3. The van der Waals surface area contributed by atoms with E-state index < -0.39 is 6.04 Å². The summed E-state index contributed by atoms with van der Waals surface area (Å²) in [6, 6.07) is 17.3. The second kappa shape index (κ2) is 14.8. The zero-order chi connectivity index (χ0) is 31.1. The van der Waals surface area contributed by atoms with Crippen molar-refractivity contribution < 1.29 is 18.8 Å². The van der Waals surface area contributed by atoms with Crippen LogP contribution < -0.4 is 11.5 Å². The number of likely N-dealkylation sites (tertiary alicyclic amines) is 1. The van der Waals surface area contributed by atoms with E-state index in [1.807, 2.05) is 17.0 Å². The van der Waals surface area contributed by atoms with Crippen LogP contribution in [0.5, 0.6) is 0 Å². The van der Waals surface area contributed by atoms with Gasteiger partial charge in [0, 0.05) is 37.6 Å². The maximum absolute atomic E-state index is 13.4. The molecule has 5 rings (SSSR count). The van der Waals surface area contributed by atoms with Crippen LogP contribution in [0.2, 0.25) is 0 Å². The number of nitrogen functional groups attached to an aromatic ring is 1. The molecule has 1 aliphatic heterocycles. The standard InChI is InChI=1S/C37H47N3O4/c1-25-7-2-3-10-31(25)27-9-4-8-26(13-14-27)23-28-15-16-30(24-29(28)17-18-33(41)34-19-20-35(39)44-34)37(43)32(38)11-5-21-40-22-6-12-36(40)42/h2-3,7,10,15-16,19-20,24,26-27,32H,4-6,8-9,11-14,17-18,21-23,38-39H2,1H3. The molecule has 4 N–H and O–H groups in total. The van der Waals surface area contributed by atoms with Crippen molar-refractivity contribution in [2.45, 2.75) is 95.9 Å². The lowest BCUT2D eigenvalue weighted by Gasteiger charge is -2.20. The Morgan fingerprint density at radius 2 is 1.84 bits per heavy atom. The third-order valence-corrected chi connectivity index (χ3v) is 9.69. The number of Topliss-reactive ketones (excluding diaryl/α,β-unsaturated/α-hetero) is 2. The summed E-state index contributed by atoms with van der Waals surface area (Å²) < 4.78 is 5.36. The van der Waals surface area contributed by atoms with Gasteiger partial charge in [0.15, 0.2) is 23.2 Å². The fraction of sp³-hybridized carbons (Fsp3) is 0.486. The zero-order valence-electron chi connectivity index (χ0n) is 26.1. The minimum absolute atomic E-state index is 0.0915. The number of carbonyl (C=O) groups excluding carboxylic acids is 3. The van der Waals surface area contributed by atoms with Crippen LogP contribution in [0.15, 0.2) is 59.0 Å². The van der Waals surface area contributed by atoms with Gasteiger partial charge in [-0.05, 0) is 105 Å². The van der Waals surface area contributed by atoms with Crippen molar-refractivity contribution in [2.24, 2.45) is 11.7 Å². The van der Waals surface area contributed by atoms with Crippen molar-refractivity contribution in [2.75, 3.05) is 18.8 Å². The first-order valence-electron chi connectivity index (χ1n) is 16.4. The van der Waals surface area contributed by atoms with E-state index in [0.717, 1.165) is 31.4 Å². The van der Waals surface area contributed by atoms with Crippen molar-refractivity contribution in [3.63, 3.8) is 0 Å². The molecule has 1 saturated carbocycles. The number of amides is 1. The molecule has 7 heteroatoms. The molecule has 1 aliphatic carbocycles. The molecule has 2 aromatic carbocycles. The molecule has 234 valence electrons. The number of nitrogens with zero attached hydrogens (tertiary/aromatic N) is 1. The van der Waals surface area contributed by atoms with Gasteiger partial charge >= 0.3 is 0 Å². The quantitative estimate of drug-likeness (QED) is 0.165. The summed E-state index contributed by atoms with van der Waals surface area (Å²) in [5, 5.41) is 0. The number of anilines is 1. The maximum atomic E-state index is 13.4. The van der Waals surface area contributed by atoms with E-state index in [0.29, 0.717) is 49.6 Å². The minimum Gasteiger partial charge on any atom is -0.438 e. The van der Waals surface area contributed by atoms with Gasteiger partial charge in [0.2, 0.25) is 5.91 Å². The summed E-state index contributed by atoms with van der Waals surface area (Å²) in [4.78, 5) is 40.1. The molecule has 7 nitrogen and oxygen atoms in total. The van der Waals surface area contributed by atoms with E-state index in [4.69, 9.17) is 15.9 Å². The Labute approximate surface area is 261 Å². The maximum Gasteiger partial charge on any atom is 0.222 e. The topological polar surface area (TPSA) is 120 Å². The molecule has 0 radical (unpaired) electrons. The molecule has 2 heterocycles. The van der Waals surface area contributed by atoms with E-state index in [-0.39, 0.29) is 35.5 Å². The lowest BCUT2D eigenvalue weighted by atomic mass is 9.86. The van der Waals surface area contributed by atoms with Gasteiger partial charge in [0.05, 0.1) is 6.04 Å². The first kappa shape index (κ1) is 31.7. The number of aryl methyl sites for hydroxylation is 2. The molecule has 3 unspecified atom stereocenters. The van der Waals surface area contributed by atoms with Gasteiger partial charge in [-0.15, -0.1) is 0 Å². The summed E-state index contributed by atoms with van der Waals surface area (Å²) in [6.45, 7) is 3.66. The fourth-order valence-electron chi connectivity index (χ4n) is 7.12. The number of hydrogen-bond donors (Lipinski definition) is 2. The number of carbonyl (C=O) groups is 3. The number of furan rings is 1. The van der Waals surface area contributed by atoms with Crippen LogP contribution in [0.4, 0.5) is 5.88 Å². The average Bonchev–Trinajstić information content (AvgIpc) is 3.57. The molecular weight excluding hydrogens is 550 g/mol. The second-order valence-electron chi connectivity index (χ2n) is 12.8. The third kappa shape index (κ3) is 8.06. The highest BCUT2D eigenvalue weighted by molar-refractivity contribution is 6.00. The highest BCUT2D eigenvalue weighted by atomic mass is 16.4. The van der Waals surface area contributed by atoms with Crippen molar-refractivity contribution in [3.05, 3.63) is 88.2 Å². The molecular formula is C37H47N3O4. The molecule has 0 spiro atoms. The van der Waals surface area contributed by atoms with Crippen LogP contribution in [0.1, 0.15) is 113 Å². The van der Waals surface area contributed by atoms with E-state index in [1.165, 1.54) is 42.4 Å². The monoisotopic (exact) mass is 597 g/mol. The highest BCUT2D eigenvalue weighted by Crippen LogP contribution is 2.37. The molecule has 3 aromatic rings. The summed E-state index contributed by atoms with van der Waals surface area (Å²) in [6.07, 6.45) is 10.4. The predicted octanol–water partition coefficient (Wildman–Crippen LogP) is 6.80. The van der Waals surface area contributed by atoms with Gasteiger partial charge < -0.3 is 20.8 Å². The number of nitrogens with two attached hydrogens (primary N) is 2. The molecule has 2 fully saturated rings. The second-order valence-corrected chi connectivity index (χ2v) is 12.8. The molecule has 1 amide bonds. The van der Waals surface area contributed by atoms with Crippen LogP contribution in [0.25, 0.3) is 0 Å². The minimum atomic E-state index is -0.626. The third-order valence-electron chi connectivity index (χ3n) is 9.69. The summed E-state index contributed by atoms with van der Waals surface area (Å²) in [5.74, 6) is 1.64. The van der Waals surface area contributed by atoms with Crippen molar-refractivity contribution in [3.8, 4) is 0 Å². The number of ketones is 2. The summed E-state index contributed by atoms with van der Waals surface area (Å²) >= 11 is 0. The molecule has 3 atom stereocenters. The fourth-order valence-corrected chi connectivity index (χ4v) is 7.12. The van der Waals surface area contributed by atoms with Crippen LogP contribution >= 0.6 is 0 Å². The molecule has 1 saturated heterocycles. The Bertz CT molecular complexity index is 1460. The van der Waals surface area contributed by atoms with Crippen molar-refractivity contribution in [1.82, 2.24) is 4.90 Å². The van der Waals surface area contributed by atoms with Gasteiger partial charge in [-0.2, -0.15) is 0 Å². The van der Waals surface area contributed by atoms with Crippen LogP contribution in [-0.2, 0) is 17.6 Å². The Balaban J connectivity index is 1.27. The van der Waals surface area contributed by atoms with E-state index in [1.54, 1.807) is 12.1 Å².